The van der Waals surface area contributed by atoms with Crippen molar-refractivity contribution in [1.29, 1.82) is 0 Å². The van der Waals surface area contributed by atoms with Gasteiger partial charge in [-0.15, -0.1) is 0 Å². The Labute approximate surface area is 247 Å². The van der Waals surface area contributed by atoms with Crippen LogP contribution in [0.3, 0.4) is 0 Å². The Balaban J connectivity index is 1.51. The predicted octanol–water partition coefficient (Wildman–Crippen LogP) is 5.58. The first-order chi connectivity index (χ1) is 20.0. The molecule has 0 radical (unpaired) electrons. The lowest BCUT2D eigenvalue weighted by Gasteiger charge is -2.28. The van der Waals surface area contributed by atoms with Gasteiger partial charge in [-0.2, -0.15) is 0 Å². The number of benzene rings is 3. The van der Waals surface area contributed by atoms with E-state index >= 15 is 0 Å². The average Bonchev–Trinajstić information content (AvgIpc) is 3.32. The summed E-state index contributed by atoms with van der Waals surface area (Å²) in [4.78, 5) is 35.4. The maximum absolute atomic E-state index is 14.0. The summed E-state index contributed by atoms with van der Waals surface area (Å²) in [5.74, 6) is -0.502. The van der Waals surface area contributed by atoms with Crippen LogP contribution in [-0.4, -0.2) is 30.2 Å². The second-order valence-corrected chi connectivity index (χ2v) is 11.6. The lowest BCUT2D eigenvalue weighted by atomic mass is 9.93. The normalized spacial score (nSPS) is 17.3. The lowest BCUT2D eigenvalue weighted by molar-refractivity contribution is -0.138. The molecular formula is C33H30ClN3O3S. The molecule has 6 rings (SSSR count). The summed E-state index contributed by atoms with van der Waals surface area (Å²) in [7, 11) is 0. The molecule has 0 bridgehead atoms. The standard InChI is InChI=1S/C33H30ClN3O3S/c1-2-40-32(39)28-29(23-9-5-3-6-10-23)35-33-37(30(28)24-13-15-25(34)16-14-24)31(38)27(41-33)21-22-11-17-26(18-12-22)36-19-7-4-8-20-36/h3,5-6,9-18,21,30H,2,4,7-8,19-20H2,1H3/b27-21+/t30-/m1/s1. The molecule has 208 valence electrons. The van der Waals surface area contributed by atoms with Crippen molar-refractivity contribution in [2.75, 3.05) is 24.6 Å². The second-order valence-electron chi connectivity index (χ2n) is 10.1. The molecule has 3 aromatic carbocycles. The van der Waals surface area contributed by atoms with E-state index in [-0.39, 0.29) is 12.2 Å². The number of thiazole rings is 1. The number of rotatable bonds is 6. The summed E-state index contributed by atoms with van der Waals surface area (Å²) in [6.45, 7) is 4.13. The fourth-order valence-corrected chi connectivity index (χ4v) is 6.61. The third-order valence-electron chi connectivity index (χ3n) is 7.47. The van der Waals surface area contributed by atoms with Crippen LogP contribution >= 0.6 is 22.9 Å². The molecule has 1 atom stereocenters. The van der Waals surface area contributed by atoms with E-state index in [0.717, 1.165) is 29.8 Å². The number of carbonyl (C=O) groups is 1. The summed E-state index contributed by atoms with van der Waals surface area (Å²) in [5.41, 5.74) is 4.29. The number of halogens is 1. The van der Waals surface area contributed by atoms with Gasteiger partial charge in [-0.05, 0) is 67.7 Å². The van der Waals surface area contributed by atoms with Gasteiger partial charge in [0.05, 0.1) is 28.5 Å². The van der Waals surface area contributed by atoms with Crippen molar-refractivity contribution < 1.29 is 9.53 Å². The summed E-state index contributed by atoms with van der Waals surface area (Å²) in [6.07, 6.45) is 5.63. The van der Waals surface area contributed by atoms with Gasteiger partial charge in [0, 0.05) is 29.4 Å². The number of carbonyl (C=O) groups excluding carboxylic acids is 1. The number of esters is 1. The molecule has 2 aliphatic heterocycles. The van der Waals surface area contributed by atoms with Crippen molar-refractivity contribution in [3.05, 3.63) is 126 Å². The number of nitrogens with zero attached hydrogens (tertiary/aromatic N) is 3. The minimum atomic E-state index is -0.721. The van der Waals surface area contributed by atoms with Crippen LogP contribution in [0.25, 0.3) is 11.8 Å². The maximum atomic E-state index is 14.0. The Morgan fingerprint density at radius 3 is 2.39 bits per heavy atom. The highest BCUT2D eigenvalue weighted by Gasteiger charge is 2.35. The van der Waals surface area contributed by atoms with E-state index in [1.807, 2.05) is 48.5 Å². The third-order valence-corrected chi connectivity index (χ3v) is 8.71. The van der Waals surface area contributed by atoms with Crippen molar-refractivity contribution >= 4 is 46.4 Å². The number of ether oxygens (including phenoxy) is 1. The highest BCUT2D eigenvalue weighted by Crippen LogP contribution is 2.35. The van der Waals surface area contributed by atoms with Gasteiger partial charge in [-0.1, -0.05) is 77.5 Å². The average molecular weight is 584 g/mol. The fourth-order valence-electron chi connectivity index (χ4n) is 5.49. The van der Waals surface area contributed by atoms with Gasteiger partial charge in [-0.25, -0.2) is 9.79 Å². The van der Waals surface area contributed by atoms with E-state index in [4.69, 9.17) is 21.3 Å². The topological polar surface area (TPSA) is 63.9 Å². The quantitative estimate of drug-likeness (QED) is 0.278. The van der Waals surface area contributed by atoms with Gasteiger partial charge in [0.25, 0.3) is 5.56 Å². The van der Waals surface area contributed by atoms with Crippen molar-refractivity contribution in [2.45, 2.75) is 32.2 Å². The fraction of sp³-hybridized carbons (Fsp3) is 0.242. The highest BCUT2D eigenvalue weighted by molar-refractivity contribution is 7.07. The van der Waals surface area contributed by atoms with Crippen LogP contribution in [0.1, 0.15) is 48.9 Å². The van der Waals surface area contributed by atoms with E-state index in [9.17, 15) is 9.59 Å². The first kappa shape index (κ1) is 27.2. The first-order valence-corrected chi connectivity index (χ1v) is 15.1. The van der Waals surface area contributed by atoms with Crippen LogP contribution in [-0.2, 0) is 9.53 Å². The molecule has 0 saturated carbocycles. The molecule has 0 N–H and O–H groups in total. The molecule has 3 heterocycles. The molecule has 2 aliphatic rings. The minimum Gasteiger partial charge on any atom is -0.463 e. The minimum absolute atomic E-state index is 0.204. The van der Waals surface area contributed by atoms with Gasteiger partial charge < -0.3 is 9.64 Å². The van der Waals surface area contributed by atoms with E-state index in [1.165, 1.54) is 36.3 Å². The zero-order chi connectivity index (χ0) is 28.3. The number of aromatic nitrogens is 1. The van der Waals surface area contributed by atoms with Crippen LogP contribution in [0.5, 0.6) is 0 Å². The monoisotopic (exact) mass is 583 g/mol. The molecule has 0 spiro atoms. The molecule has 6 nitrogen and oxygen atoms in total. The Kier molecular flexibility index (Phi) is 7.90. The molecule has 0 aliphatic carbocycles. The zero-order valence-corrected chi connectivity index (χ0v) is 24.3. The van der Waals surface area contributed by atoms with E-state index in [1.54, 1.807) is 23.6 Å². The second kappa shape index (κ2) is 11.9. The number of hydrogen-bond donors (Lipinski definition) is 0. The van der Waals surface area contributed by atoms with E-state index in [0.29, 0.717) is 25.6 Å². The molecular weight excluding hydrogens is 554 g/mol. The van der Waals surface area contributed by atoms with Crippen LogP contribution < -0.4 is 19.8 Å². The Bertz CT molecular complexity index is 1770. The van der Waals surface area contributed by atoms with Crippen LogP contribution in [0.2, 0.25) is 5.02 Å². The SMILES string of the molecule is CCOC(=O)C1=C(c2ccccc2)N=c2s/c(=C/c3ccc(N4CCCCC4)cc3)c(=O)n2[C@@H]1c1ccc(Cl)cc1. The van der Waals surface area contributed by atoms with Gasteiger partial charge >= 0.3 is 5.97 Å². The molecule has 4 aromatic rings. The van der Waals surface area contributed by atoms with Crippen molar-refractivity contribution in [3.8, 4) is 0 Å². The largest absolute Gasteiger partial charge is 0.463 e. The number of fused-ring (bicyclic) bond motifs is 1. The van der Waals surface area contributed by atoms with Crippen molar-refractivity contribution in [3.63, 3.8) is 0 Å². The number of hydrogen-bond acceptors (Lipinski definition) is 6. The smallest absolute Gasteiger partial charge is 0.338 e. The maximum Gasteiger partial charge on any atom is 0.338 e. The molecule has 8 heteroatoms. The first-order valence-electron chi connectivity index (χ1n) is 13.9. The molecule has 1 saturated heterocycles. The van der Waals surface area contributed by atoms with Gasteiger partial charge in [0.2, 0.25) is 0 Å². The zero-order valence-electron chi connectivity index (χ0n) is 22.8. The Hall–Kier alpha value is -3.94. The van der Waals surface area contributed by atoms with E-state index in [2.05, 4.69) is 29.2 Å². The molecule has 0 amide bonds. The lowest BCUT2D eigenvalue weighted by Crippen LogP contribution is -2.40. The number of piperidine rings is 1. The van der Waals surface area contributed by atoms with Crippen LogP contribution in [0, 0.1) is 0 Å². The molecule has 41 heavy (non-hydrogen) atoms. The van der Waals surface area contributed by atoms with Crippen molar-refractivity contribution in [2.24, 2.45) is 4.99 Å². The summed E-state index contributed by atoms with van der Waals surface area (Å²) >= 11 is 7.54. The molecule has 1 aromatic heterocycles. The summed E-state index contributed by atoms with van der Waals surface area (Å²) in [5, 5.41) is 0.569. The summed E-state index contributed by atoms with van der Waals surface area (Å²) < 4.78 is 7.68. The highest BCUT2D eigenvalue weighted by atomic mass is 35.5. The predicted molar refractivity (Wildman–Crippen MR) is 165 cm³/mol. The van der Waals surface area contributed by atoms with Gasteiger partial charge in [-0.3, -0.25) is 9.36 Å². The Morgan fingerprint density at radius 2 is 1.71 bits per heavy atom. The molecule has 0 unspecified atom stereocenters. The van der Waals surface area contributed by atoms with Gasteiger partial charge in [0.1, 0.15) is 0 Å². The number of anilines is 1. The van der Waals surface area contributed by atoms with Gasteiger partial charge in [0.15, 0.2) is 4.80 Å². The van der Waals surface area contributed by atoms with Crippen LogP contribution in [0.15, 0.2) is 94.2 Å². The summed E-state index contributed by atoms with van der Waals surface area (Å²) in [6, 6.07) is 24.4. The Morgan fingerprint density at radius 1 is 1.00 bits per heavy atom. The third kappa shape index (κ3) is 5.52. The van der Waals surface area contributed by atoms with Crippen molar-refractivity contribution in [1.82, 2.24) is 4.57 Å². The molecule has 1 fully saturated rings. The van der Waals surface area contributed by atoms with E-state index < -0.39 is 12.0 Å². The van der Waals surface area contributed by atoms with Crippen LogP contribution in [0.4, 0.5) is 5.69 Å².